The van der Waals surface area contributed by atoms with E-state index in [0.717, 1.165) is 17.0 Å². The van der Waals surface area contributed by atoms with Crippen LogP contribution in [0.5, 0.6) is 0 Å². The highest BCUT2D eigenvalue weighted by molar-refractivity contribution is 5.96. The summed E-state index contributed by atoms with van der Waals surface area (Å²) in [5.41, 5.74) is 3.74. The first-order valence-electron chi connectivity index (χ1n) is 7.83. The molecule has 2 aromatic rings. The second-order valence-electron chi connectivity index (χ2n) is 6.23. The smallest absolute Gasteiger partial charge is 0.254 e. The van der Waals surface area contributed by atoms with Gasteiger partial charge >= 0.3 is 0 Å². The minimum atomic E-state index is -0.164. The second-order valence-corrected chi connectivity index (χ2v) is 6.23. The summed E-state index contributed by atoms with van der Waals surface area (Å²) in [6.45, 7) is 4.73. The number of nitrogens with zero attached hydrogens (tertiary/aromatic N) is 4. The van der Waals surface area contributed by atoms with Gasteiger partial charge in [0.25, 0.3) is 5.91 Å². The van der Waals surface area contributed by atoms with Crippen LogP contribution in [-0.4, -0.2) is 59.1 Å². The molecule has 0 saturated carbocycles. The Morgan fingerprint density at radius 1 is 1.08 bits per heavy atom. The van der Waals surface area contributed by atoms with E-state index < -0.39 is 0 Å². The molecule has 0 spiro atoms. The molecule has 1 heterocycles. The highest BCUT2D eigenvalue weighted by Gasteiger charge is 2.16. The zero-order valence-corrected chi connectivity index (χ0v) is 14.9. The van der Waals surface area contributed by atoms with Crippen LogP contribution >= 0.6 is 0 Å². The number of amides is 2. The van der Waals surface area contributed by atoms with Crippen LogP contribution in [0.1, 0.15) is 27.3 Å². The lowest BCUT2D eigenvalue weighted by Crippen LogP contribution is -2.37. The summed E-state index contributed by atoms with van der Waals surface area (Å²) >= 11 is 0. The molecule has 0 bridgehead atoms. The first kappa shape index (κ1) is 17.7. The van der Waals surface area contributed by atoms with Gasteiger partial charge in [-0.3, -0.25) is 14.3 Å². The van der Waals surface area contributed by atoms with Crippen molar-refractivity contribution in [1.82, 2.24) is 19.6 Å². The van der Waals surface area contributed by atoms with Gasteiger partial charge in [0.05, 0.1) is 18.8 Å². The van der Waals surface area contributed by atoms with Gasteiger partial charge in [-0.1, -0.05) is 12.1 Å². The fraction of sp³-hybridized carbons (Fsp3) is 0.389. The van der Waals surface area contributed by atoms with Crippen molar-refractivity contribution in [3.8, 4) is 0 Å². The highest BCUT2D eigenvalue weighted by atomic mass is 16.2. The van der Waals surface area contributed by atoms with Crippen molar-refractivity contribution in [2.24, 2.45) is 0 Å². The van der Waals surface area contributed by atoms with Gasteiger partial charge in [0, 0.05) is 32.4 Å². The van der Waals surface area contributed by atoms with Crippen LogP contribution in [0.15, 0.2) is 30.3 Å². The van der Waals surface area contributed by atoms with Crippen LogP contribution < -0.4 is 0 Å². The number of aromatic nitrogens is 2. The maximum absolute atomic E-state index is 12.4. The molecule has 0 fully saturated rings. The third-order valence-electron chi connectivity index (χ3n) is 3.85. The molecule has 24 heavy (non-hydrogen) atoms. The summed E-state index contributed by atoms with van der Waals surface area (Å²) in [5, 5.41) is 4.44. The summed E-state index contributed by atoms with van der Waals surface area (Å²) in [4.78, 5) is 27.0. The molecule has 0 aliphatic rings. The first-order chi connectivity index (χ1) is 11.3. The SMILES string of the molecule is Cc1cc(C)n(Cc2ccc(C(=O)N(C)CC(=O)N(C)C)cc2)n1. The quantitative estimate of drug-likeness (QED) is 0.839. The van der Waals surface area contributed by atoms with E-state index in [1.807, 2.05) is 36.7 Å². The summed E-state index contributed by atoms with van der Waals surface area (Å²) in [6.07, 6.45) is 0. The number of rotatable bonds is 5. The van der Waals surface area contributed by atoms with Crippen LogP contribution in [0.25, 0.3) is 0 Å². The van der Waals surface area contributed by atoms with Crippen molar-refractivity contribution in [2.75, 3.05) is 27.7 Å². The second kappa shape index (κ2) is 7.29. The molecule has 0 N–H and O–H groups in total. The molecule has 128 valence electrons. The fourth-order valence-electron chi connectivity index (χ4n) is 2.40. The molecule has 0 radical (unpaired) electrons. The Balaban J connectivity index is 2.04. The number of carbonyl (C=O) groups excluding carboxylic acids is 2. The van der Waals surface area contributed by atoms with Gasteiger partial charge in [-0.2, -0.15) is 5.10 Å². The number of aryl methyl sites for hydroxylation is 2. The van der Waals surface area contributed by atoms with E-state index in [2.05, 4.69) is 5.10 Å². The van der Waals surface area contributed by atoms with E-state index in [-0.39, 0.29) is 18.4 Å². The lowest BCUT2D eigenvalue weighted by molar-refractivity contribution is -0.129. The number of benzene rings is 1. The van der Waals surface area contributed by atoms with Crippen LogP contribution in [0.4, 0.5) is 0 Å². The largest absolute Gasteiger partial charge is 0.347 e. The standard InChI is InChI=1S/C18H24N4O2/c1-13-10-14(2)22(19-13)11-15-6-8-16(9-7-15)18(24)21(5)12-17(23)20(3)4/h6-10H,11-12H2,1-5H3. The van der Waals surface area contributed by atoms with Crippen molar-refractivity contribution in [1.29, 1.82) is 0 Å². The van der Waals surface area contributed by atoms with Crippen molar-refractivity contribution in [2.45, 2.75) is 20.4 Å². The minimum absolute atomic E-state index is 0.0688. The molecular weight excluding hydrogens is 304 g/mol. The van der Waals surface area contributed by atoms with E-state index in [1.54, 1.807) is 33.3 Å². The van der Waals surface area contributed by atoms with Gasteiger partial charge in [0.1, 0.15) is 0 Å². The Bertz CT molecular complexity index is 732. The number of likely N-dealkylation sites (N-methyl/N-ethyl adjacent to an activating group) is 2. The van der Waals surface area contributed by atoms with Gasteiger partial charge in [0.2, 0.25) is 5.91 Å². The summed E-state index contributed by atoms with van der Waals surface area (Å²) in [5.74, 6) is -0.269. The third-order valence-corrected chi connectivity index (χ3v) is 3.85. The molecule has 1 aromatic carbocycles. The lowest BCUT2D eigenvalue weighted by atomic mass is 10.1. The third kappa shape index (κ3) is 4.22. The highest BCUT2D eigenvalue weighted by Crippen LogP contribution is 2.10. The van der Waals surface area contributed by atoms with E-state index in [9.17, 15) is 9.59 Å². The van der Waals surface area contributed by atoms with Gasteiger partial charge in [-0.15, -0.1) is 0 Å². The zero-order valence-electron chi connectivity index (χ0n) is 14.9. The fourth-order valence-corrected chi connectivity index (χ4v) is 2.40. The maximum Gasteiger partial charge on any atom is 0.254 e. The molecule has 0 aliphatic carbocycles. The average molecular weight is 328 g/mol. The molecule has 6 nitrogen and oxygen atoms in total. The number of hydrogen-bond donors (Lipinski definition) is 0. The van der Waals surface area contributed by atoms with Gasteiger partial charge in [-0.05, 0) is 37.6 Å². The summed E-state index contributed by atoms with van der Waals surface area (Å²) in [6, 6.07) is 9.46. The Morgan fingerprint density at radius 2 is 1.71 bits per heavy atom. The van der Waals surface area contributed by atoms with Crippen molar-refractivity contribution in [3.05, 3.63) is 52.8 Å². The first-order valence-corrected chi connectivity index (χ1v) is 7.83. The predicted molar refractivity (Wildman–Crippen MR) is 92.9 cm³/mol. The average Bonchev–Trinajstić information content (AvgIpc) is 2.84. The summed E-state index contributed by atoms with van der Waals surface area (Å²) in [7, 11) is 4.98. The molecule has 0 unspecified atom stereocenters. The monoisotopic (exact) mass is 328 g/mol. The van der Waals surface area contributed by atoms with Crippen LogP contribution in [-0.2, 0) is 11.3 Å². The van der Waals surface area contributed by atoms with E-state index in [4.69, 9.17) is 0 Å². The Hall–Kier alpha value is -2.63. The van der Waals surface area contributed by atoms with Crippen molar-refractivity contribution in [3.63, 3.8) is 0 Å². The number of carbonyl (C=O) groups is 2. The Labute approximate surface area is 142 Å². The van der Waals surface area contributed by atoms with Crippen LogP contribution in [0, 0.1) is 13.8 Å². The van der Waals surface area contributed by atoms with Crippen molar-refractivity contribution < 1.29 is 9.59 Å². The number of hydrogen-bond acceptors (Lipinski definition) is 3. The Morgan fingerprint density at radius 3 is 2.21 bits per heavy atom. The lowest BCUT2D eigenvalue weighted by Gasteiger charge is -2.19. The topological polar surface area (TPSA) is 58.4 Å². The van der Waals surface area contributed by atoms with Crippen LogP contribution in [0.2, 0.25) is 0 Å². The van der Waals surface area contributed by atoms with Crippen LogP contribution in [0.3, 0.4) is 0 Å². The molecule has 0 saturated heterocycles. The zero-order chi connectivity index (χ0) is 17.9. The molecule has 0 aliphatic heterocycles. The molecule has 6 heteroatoms. The molecule has 1 aromatic heterocycles. The summed E-state index contributed by atoms with van der Waals surface area (Å²) < 4.78 is 1.94. The molecule has 2 rings (SSSR count). The minimum Gasteiger partial charge on any atom is -0.347 e. The predicted octanol–water partition coefficient (Wildman–Crippen LogP) is 1.71. The van der Waals surface area contributed by atoms with Crippen molar-refractivity contribution >= 4 is 11.8 Å². The van der Waals surface area contributed by atoms with E-state index >= 15 is 0 Å². The van der Waals surface area contributed by atoms with E-state index in [0.29, 0.717) is 12.1 Å². The Kier molecular flexibility index (Phi) is 5.39. The van der Waals surface area contributed by atoms with Gasteiger partial charge in [-0.25, -0.2) is 0 Å². The molecule has 2 amide bonds. The molecule has 0 atom stereocenters. The van der Waals surface area contributed by atoms with E-state index in [1.165, 1.54) is 9.80 Å². The molecular formula is C18H24N4O2. The maximum atomic E-state index is 12.4. The normalized spacial score (nSPS) is 10.5. The van der Waals surface area contributed by atoms with Gasteiger partial charge in [0.15, 0.2) is 0 Å². The van der Waals surface area contributed by atoms with Gasteiger partial charge < -0.3 is 9.80 Å².